The van der Waals surface area contributed by atoms with Crippen molar-refractivity contribution in [2.45, 2.75) is 12.8 Å². The first-order chi connectivity index (χ1) is 11.0. The molecule has 1 fully saturated rings. The summed E-state index contributed by atoms with van der Waals surface area (Å²) in [6, 6.07) is 6.86. The molecule has 2 heterocycles. The van der Waals surface area contributed by atoms with E-state index in [9.17, 15) is 9.59 Å². The Labute approximate surface area is 140 Å². The van der Waals surface area contributed by atoms with E-state index < -0.39 is 5.92 Å². The zero-order valence-electron chi connectivity index (χ0n) is 12.1. The molecule has 0 spiro atoms. The van der Waals surface area contributed by atoms with Crippen LogP contribution < -0.4 is 4.74 Å². The van der Waals surface area contributed by atoms with Crippen molar-refractivity contribution in [3.63, 3.8) is 0 Å². The lowest BCUT2D eigenvalue weighted by atomic mass is 10.1. The number of allylic oxidation sites excluding steroid dienone is 1. The van der Waals surface area contributed by atoms with Crippen molar-refractivity contribution < 1.29 is 14.3 Å². The second-order valence-electron chi connectivity index (χ2n) is 4.81. The number of hydrogen-bond acceptors (Lipinski definition) is 7. The van der Waals surface area contributed by atoms with Gasteiger partial charge in [-0.25, -0.2) is 4.98 Å². The highest BCUT2D eigenvalue weighted by molar-refractivity contribution is 8.19. The van der Waals surface area contributed by atoms with Crippen LogP contribution in [0.15, 0.2) is 40.7 Å². The number of thioether (sulfide) groups is 1. The number of thiazole rings is 1. The third-order valence-electron chi connectivity index (χ3n) is 3.12. The minimum absolute atomic E-state index is 0.0981. The van der Waals surface area contributed by atoms with Crippen LogP contribution in [0.4, 0.5) is 0 Å². The molecule has 1 aromatic heterocycles. The average molecular weight is 344 g/mol. The van der Waals surface area contributed by atoms with Crippen molar-refractivity contribution >= 4 is 46.0 Å². The van der Waals surface area contributed by atoms with Gasteiger partial charge in [-0.05, 0) is 23.8 Å². The molecule has 0 radical (unpaired) electrons. The number of Topliss-reactive ketones (excluding diaryl/α,β-unsaturated/α-hetero) is 1. The number of aromatic nitrogens is 1. The normalized spacial score (nSPS) is 19.3. The van der Waals surface area contributed by atoms with Crippen molar-refractivity contribution in [3.8, 4) is 5.75 Å². The van der Waals surface area contributed by atoms with Gasteiger partial charge in [0.2, 0.25) is 0 Å². The van der Waals surface area contributed by atoms with E-state index >= 15 is 0 Å². The van der Waals surface area contributed by atoms with Crippen LogP contribution in [-0.2, 0) is 9.59 Å². The average Bonchev–Trinajstić information content (AvgIpc) is 3.10. The molecule has 0 amide bonds. The molecular weight excluding hydrogens is 332 g/mol. The summed E-state index contributed by atoms with van der Waals surface area (Å²) in [4.78, 5) is 28.1. The molecule has 116 valence electrons. The van der Waals surface area contributed by atoms with Gasteiger partial charge < -0.3 is 4.74 Å². The molecule has 2 aromatic rings. The number of hydrogen-bond donors (Lipinski definition) is 1. The van der Waals surface area contributed by atoms with Crippen LogP contribution in [0.1, 0.15) is 23.4 Å². The molecule has 1 aromatic carbocycles. The summed E-state index contributed by atoms with van der Waals surface area (Å²) >= 11 is 2.55. The first-order valence-electron chi connectivity index (χ1n) is 6.74. The van der Waals surface area contributed by atoms with Crippen LogP contribution in [0.25, 0.3) is 6.08 Å². The fourth-order valence-corrected chi connectivity index (χ4v) is 3.95. The SMILES string of the molecule is CC(=O)Oc1ccc(C=C2SC(=N)C(c3nccs3)C2=O)cc1. The lowest BCUT2D eigenvalue weighted by Gasteiger charge is -2.02. The Morgan fingerprint density at radius 3 is 2.70 bits per heavy atom. The Hall–Kier alpha value is -2.25. The maximum atomic E-state index is 12.5. The van der Waals surface area contributed by atoms with Crippen molar-refractivity contribution in [3.05, 3.63) is 51.3 Å². The summed E-state index contributed by atoms with van der Waals surface area (Å²) in [5.41, 5.74) is 0.810. The van der Waals surface area contributed by atoms with E-state index in [0.29, 0.717) is 20.7 Å². The highest BCUT2D eigenvalue weighted by atomic mass is 32.2. The fraction of sp³-hybridized carbons (Fsp3) is 0.125. The number of ether oxygens (including phenoxy) is 1. The first-order valence-corrected chi connectivity index (χ1v) is 8.44. The summed E-state index contributed by atoms with van der Waals surface area (Å²) in [5, 5.41) is 10.8. The van der Waals surface area contributed by atoms with Crippen LogP contribution in [0.3, 0.4) is 0 Å². The Kier molecular flexibility index (Phi) is 4.40. The molecule has 1 aliphatic rings. The number of benzene rings is 1. The number of carbonyl (C=O) groups is 2. The highest BCUT2D eigenvalue weighted by Crippen LogP contribution is 2.41. The smallest absolute Gasteiger partial charge is 0.308 e. The van der Waals surface area contributed by atoms with E-state index in [1.54, 1.807) is 41.9 Å². The van der Waals surface area contributed by atoms with Gasteiger partial charge in [0.15, 0.2) is 5.78 Å². The van der Waals surface area contributed by atoms with E-state index in [2.05, 4.69) is 4.98 Å². The molecule has 0 saturated carbocycles. The van der Waals surface area contributed by atoms with Gasteiger partial charge in [0.1, 0.15) is 16.7 Å². The van der Waals surface area contributed by atoms with Gasteiger partial charge in [-0.1, -0.05) is 23.9 Å². The molecular formula is C16H12N2O3S2. The first kappa shape index (κ1) is 15.6. The molecule has 23 heavy (non-hydrogen) atoms. The molecule has 1 atom stereocenters. The lowest BCUT2D eigenvalue weighted by Crippen LogP contribution is -2.11. The largest absolute Gasteiger partial charge is 0.427 e. The maximum Gasteiger partial charge on any atom is 0.308 e. The minimum atomic E-state index is -0.577. The maximum absolute atomic E-state index is 12.5. The third-order valence-corrected chi connectivity index (χ3v) is 4.96. The molecule has 0 bridgehead atoms. The molecule has 1 unspecified atom stereocenters. The highest BCUT2D eigenvalue weighted by Gasteiger charge is 2.38. The van der Waals surface area contributed by atoms with Gasteiger partial charge in [-0.15, -0.1) is 11.3 Å². The molecule has 1 aliphatic heterocycles. The number of carbonyl (C=O) groups excluding carboxylic acids is 2. The molecule has 0 aliphatic carbocycles. The van der Waals surface area contributed by atoms with E-state index in [1.807, 2.05) is 0 Å². The van der Waals surface area contributed by atoms with Crippen molar-refractivity contribution in [1.82, 2.24) is 4.98 Å². The van der Waals surface area contributed by atoms with Gasteiger partial charge in [0.05, 0.1) is 9.95 Å². The van der Waals surface area contributed by atoms with Crippen LogP contribution in [0, 0.1) is 5.41 Å². The van der Waals surface area contributed by atoms with Gasteiger partial charge in [-0.3, -0.25) is 15.0 Å². The predicted molar refractivity (Wildman–Crippen MR) is 90.9 cm³/mol. The predicted octanol–water partition coefficient (Wildman–Crippen LogP) is 3.49. The minimum Gasteiger partial charge on any atom is -0.427 e. The van der Waals surface area contributed by atoms with Crippen molar-refractivity contribution in [1.29, 1.82) is 5.41 Å². The van der Waals surface area contributed by atoms with Crippen LogP contribution in [0.2, 0.25) is 0 Å². The Bertz CT molecular complexity index is 795. The van der Waals surface area contributed by atoms with E-state index in [1.165, 1.54) is 30.0 Å². The number of esters is 1. The topological polar surface area (TPSA) is 80.1 Å². The third kappa shape index (κ3) is 3.40. The second kappa shape index (κ2) is 6.47. The second-order valence-corrected chi connectivity index (χ2v) is 6.82. The van der Waals surface area contributed by atoms with E-state index in [-0.39, 0.29) is 11.8 Å². The molecule has 1 N–H and O–H groups in total. The van der Waals surface area contributed by atoms with Crippen LogP contribution in [-0.4, -0.2) is 21.8 Å². The molecule has 7 heteroatoms. The zero-order valence-corrected chi connectivity index (χ0v) is 13.7. The monoisotopic (exact) mass is 344 g/mol. The lowest BCUT2D eigenvalue weighted by molar-refractivity contribution is -0.131. The van der Waals surface area contributed by atoms with E-state index in [0.717, 1.165) is 5.56 Å². The summed E-state index contributed by atoms with van der Waals surface area (Å²) in [6.07, 6.45) is 3.38. The zero-order chi connectivity index (χ0) is 16.4. The number of nitrogens with zero attached hydrogens (tertiary/aromatic N) is 1. The van der Waals surface area contributed by atoms with Crippen molar-refractivity contribution in [2.75, 3.05) is 0 Å². The van der Waals surface area contributed by atoms with Gasteiger partial charge >= 0.3 is 5.97 Å². The van der Waals surface area contributed by atoms with Crippen molar-refractivity contribution in [2.24, 2.45) is 0 Å². The summed E-state index contributed by atoms with van der Waals surface area (Å²) < 4.78 is 4.97. The quantitative estimate of drug-likeness (QED) is 0.524. The molecule has 3 rings (SSSR count). The van der Waals surface area contributed by atoms with Crippen LogP contribution >= 0.6 is 23.1 Å². The Balaban J connectivity index is 1.82. The number of ketones is 1. The van der Waals surface area contributed by atoms with Crippen LogP contribution in [0.5, 0.6) is 5.75 Å². The summed E-state index contributed by atoms with van der Waals surface area (Å²) in [5.74, 6) is -0.596. The Morgan fingerprint density at radius 2 is 2.09 bits per heavy atom. The Morgan fingerprint density at radius 1 is 1.35 bits per heavy atom. The standard InChI is InChI=1S/C16H12N2O3S2/c1-9(19)21-11-4-2-10(3-5-11)8-12-14(20)13(15(17)23-12)16-18-6-7-22-16/h2-8,13,17H,1H3. The summed E-state index contributed by atoms with van der Waals surface area (Å²) in [6.45, 7) is 1.34. The summed E-state index contributed by atoms with van der Waals surface area (Å²) in [7, 11) is 0. The fourth-order valence-electron chi connectivity index (χ4n) is 2.14. The molecule has 1 saturated heterocycles. The molecule has 5 nitrogen and oxygen atoms in total. The van der Waals surface area contributed by atoms with Gasteiger partial charge in [-0.2, -0.15) is 0 Å². The van der Waals surface area contributed by atoms with E-state index in [4.69, 9.17) is 10.1 Å². The van der Waals surface area contributed by atoms with Gasteiger partial charge in [0, 0.05) is 18.5 Å². The number of rotatable bonds is 3. The number of nitrogens with one attached hydrogen (secondary N) is 1. The van der Waals surface area contributed by atoms with Gasteiger partial charge in [0.25, 0.3) is 0 Å².